The van der Waals surface area contributed by atoms with Gasteiger partial charge in [0, 0.05) is 44.5 Å². The van der Waals surface area contributed by atoms with E-state index in [2.05, 4.69) is 40.2 Å². The number of morpholine rings is 1. The summed E-state index contributed by atoms with van der Waals surface area (Å²) in [6, 6.07) is 9.82. The molecule has 3 rings (SSSR count). The molecular formula is C19H32ClN3O2. The topological polar surface area (TPSA) is 54.5 Å². The predicted molar refractivity (Wildman–Crippen MR) is 105 cm³/mol. The molecule has 6 heteroatoms. The molecule has 25 heavy (non-hydrogen) atoms. The quantitative estimate of drug-likeness (QED) is 0.614. The Morgan fingerprint density at radius 1 is 1.24 bits per heavy atom. The van der Waals surface area contributed by atoms with Gasteiger partial charge in [-0.2, -0.15) is 0 Å². The number of nitrogens with one attached hydrogen (secondary N) is 3. The standard InChI is InChI=1S/C19H31N3O2.ClH/c1-23-11-9-20-16-7-5-15(6-8-16)13-22-18-4-2-3-17(18)19-14-24-12-10-21-19;/h5-8,17-22H,2-4,9-14H2,1H3;1H. The van der Waals surface area contributed by atoms with E-state index >= 15 is 0 Å². The van der Waals surface area contributed by atoms with Gasteiger partial charge in [-0.15, -0.1) is 12.4 Å². The average Bonchev–Trinajstić information content (AvgIpc) is 3.11. The van der Waals surface area contributed by atoms with Crippen molar-refractivity contribution in [2.45, 2.75) is 37.9 Å². The third-order valence-corrected chi connectivity index (χ3v) is 5.19. The highest BCUT2D eigenvalue weighted by Crippen LogP contribution is 2.29. The minimum atomic E-state index is 0. The summed E-state index contributed by atoms with van der Waals surface area (Å²) in [5.41, 5.74) is 2.49. The lowest BCUT2D eigenvalue weighted by Gasteiger charge is -2.33. The van der Waals surface area contributed by atoms with E-state index in [4.69, 9.17) is 9.47 Å². The zero-order valence-corrected chi connectivity index (χ0v) is 15.9. The monoisotopic (exact) mass is 369 g/mol. The lowest BCUT2D eigenvalue weighted by atomic mass is 9.94. The van der Waals surface area contributed by atoms with E-state index in [0.717, 1.165) is 45.1 Å². The van der Waals surface area contributed by atoms with Gasteiger partial charge in [0.05, 0.1) is 19.8 Å². The number of ether oxygens (including phenoxy) is 2. The molecule has 1 aliphatic heterocycles. The second-order valence-corrected chi connectivity index (χ2v) is 6.83. The van der Waals surface area contributed by atoms with Crippen LogP contribution in [0.5, 0.6) is 0 Å². The van der Waals surface area contributed by atoms with Crippen LogP contribution < -0.4 is 16.0 Å². The van der Waals surface area contributed by atoms with E-state index in [9.17, 15) is 0 Å². The molecule has 1 saturated heterocycles. The molecule has 0 aromatic heterocycles. The molecule has 0 amide bonds. The Morgan fingerprint density at radius 3 is 2.80 bits per heavy atom. The van der Waals surface area contributed by atoms with Gasteiger partial charge in [-0.3, -0.25) is 0 Å². The second kappa shape index (κ2) is 11.0. The van der Waals surface area contributed by atoms with E-state index < -0.39 is 0 Å². The van der Waals surface area contributed by atoms with Crippen LogP contribution in [0.15, 0.2) is 24.3 Å². The molecule has 142 valence electrons. The number of halogens is 1. The van der Waals surface area contributed by atoms with Crippen LogP contribution in [0.2, 0.25) is 0 Å². The van der Waals surface area contributed by atoms with Gasteiger partial charge < -0.3 is 25.4 Å². The van der Waals surface area contributed by atoms with Crippen LogP contribution in [0.4, 0.5) is 5.69 Å². The molecule has 1 saturated carbocycles. The maximum atomic E-state index is 5.65. The molecule has 1 aromatic rings. The third kappa shape index (κ3) is 6.12. The summed E-state index contributed by atoms with van der Waals surface area (Å²) in [6.07, 6.45) is 3.91. The van der Waals surface area contributed by atoms with Crippen molar-refractivity contribution < 1.29 is 9.47 Å². The average molecular weight is 370 g/mol. The number of benzene rings is 1. The Balaban J connectivity index is 0.00000225. The van der Waals surface area contributed by atoms with Crippen LogP contribution in [0.3, 0.4) is 0 Å². The van der Waals surface area contributed by atoms with Crippen LogP contribution in [0.25, 0.3) is 0 Å². The van der Waals surface area contributed by atoms with Gasteiger partial charge in [-0.05, 0) is 36.5 Å². The number of anilines is 1. The molecular weight excluding hydrogens is 338 g/mol. The van der Waals surface area contributed by atoms with E-state index in [0.29, 0.717) is 18.0 Å². The van der Waals surface area contributed by atoms with Gasteiger partial charge in [0.25, 0.3) is 0 Å². The highest BCUT2D eigenvalue weighted by Gasteiger charge is 2.34. The van der Waals surface area contributed by atoms with E-state index in [-0.39, 0.29) is 12.4 Å². The molecule has 1 aromatic carbocycles. The first kappa shape index (κ1) is 20.5. The maximum Gasteiger partial charge on any atom is 0.0635 e. The van der Waals surface area contributed by atoms with Crippen molar-refractivity contribution in [3.63, 3.8) is 0 Å². The summed E-state index contributed by atoms with van der Waals surface area (Å²) in [6.45, 7) is 5.22. The Labute approximate surface area is 157 Å². The van der Waals surface area contributed by atoms with E-state index in [1.807, 2.05) is 0 Å². The Morgan fingerprint density at radius 2 is 2.08 bits per heavy atom. The molecule has 1 heterocycles. The molecule has 2 aliphatic rings. The number of hydrogen-bond acceptors (Lipinski definition) is 5. The third-order valence-electron chi connectivity index (χ3n) is 5.19. The van der Waals surface area contributed by atoms with Crippen molar-refractivity contribution in [1.82, 2.24) is 10.6 Å². The van der Waals surface area contributed by atoms with E-state index in [1.54, 1.807) is 7.11 Å². The fourth-order valence-electron chi connectivity index (χ4n) is 3.87. The van der Waals surface area contributed by atoms with Crippen molar-refractivity contribution in [2.75, 3.05) is 45.3 Å². The van der Waals surface area contributed by atoms with Crippen LogP contribution >= 0.6 is 12.4 Å². The molecule has 3 unspecified atom stereocenters. The van der Waals surface area contributed by atoms with Crippen LogP contribution in [0.1, 0.15) is 24.8 Å². The summed E-state index contributed by atoms with van der Waals surface area (Å²) in [5.74, 6) is 0.695. The summed E-state index contributed by atoms with van der Waals surface area (Å²) in [5, 5.41) is 10.8. The Hall–Kier alpha value is -0.850. The summed E-state index contributed by atoms with van der Waals surface area (Å²) in [7, 11) is 1.72. The largest absolute Gasteiger partial charge is 0.383 e. The van der Waals surface area contributed by atoms with Gasteiger partial charge in [-0.1, -0.05) is 18.6 Å². The molecule has 3 atom stereocenters. The molecule has 5 nitrogen and oxygen atoms in total. The molecule has 3 N–H and O–H groups in total. The number of methoxy groups -OCH3 is 1. The Bertz CT molecular complexity index is 480. The minimum absolute atomic E-state index is 0. The smallest absolute Gasteiger partial charge is 0.0635 e. The lowest BCUT2D eigenvalue weighted by molar-refractivity contribution is 0.0524. The van der Waals surface area contributed by atoms with Crippen molar-refractivity contribution in [2.24, 2.45) is 5.92 Å². The Kier molecular flexibility index (Phi) is 8.99. The van der Waals surface area contributed by atoms with Crippen LogP contribution in [-0.2, 0) is 16.0 Å². The van der Waals surface area contributed by atoms with Gasteiger partial charge in [0.15, 0.2) is 0 Å². The van der Waals surface area contributed by atoms with Crippen molar-refractivity contribution in [3.05, 3.63) is 29.8 Å². The SMILES string of the molecule is COCCNc1ccc(CNC2CCCC2C2COCCN2)cc1.Cl. The van der Waals surface area contributed by atoms with Gasteiger partial charge in [0.2, 0.25) is 0 Å². The zero-order chi connectivity index (χ0) is 16.6. The van der Waals surface area contributed by atoms with Crippen LogP contribution in [0, 0.1) is 5.92 Å². The minimum Gasteiger partial charge on any atom is -0.383 e. The fourth-order valence-corrected chi connectivity index (χ4v) is 3.87. The lowest BCUT2D eigenvalue weighted by Crippen LogP contribution is -2.50. The maximum absolute atomic E-state index is 5.65. The summed E-state index contributed by atoms with van der Waals surface area (Å²) < 4.78 is 10.7. The summed E-state index contributed by atoms with van der Waals surface area (Å²) in [4.78, 5) is 0. The van der Waals surface area contributed by atoms with E-state index in [1.165, 1.54) is 24.8 Å². The van der Waals surface area contributed by atoms with Crippen molar-refractivity contribution >= 4 is 18.1 Å². The molecule has 0 bridgehead atoms. The predicted octanol–water partition coefficient (Wildman–Crippen LogP) is 2.41. The van der Waals surface area contributed by atoms with Gasteiger partial charge in [0.1, 0.15) is 0 Å². The normalized spacial score (nSPS) is 26.2. The highest BCUT2D eigenvalue weighted by atomic mass is 35.5. The molecule has 1 aliphatic carbocycles. The van der Waals surface area contributed by atoms with Crippen LogP contribution in [-0.4, -0.2) is 52.1 Å². The molecule has 0 radical (unpaired) electrons. The fraction of sp³-hybridized carbons (Fsp3) is 0.684. The zero-order valence-electron chi connectivity index (χ0n) is 15.1. The summed E-state index contributed by atoms with van der Waals surface area (Å²) >= 11 is 0. The van der Waals surface area contributed by atoms with Crippen molar-refractivity contribution in [3.8, 4) is 0 Å². The second-order valence-electron chi connectivity index (χ2n) is 6.83. The highest BCUT2D eigenvalue weighted by molar-refractivity contribution is 5.85. The first-order chi connectivity index (χ1) is 11.9. The number of hydrogen-bond donors (Lipinski definition) is 3. The molecule has 0 spiro atoms. The first-order valence-corrected chi connectivity index (χ1v) is 9.23. The molecule has 2 fully saturated rings. The number of rotatable bonds is 8. The van der Waals surface area contributed by atoms with Gasteiger partial charge >= 0.3 is 0 Å². The van der Waals surface area contributed by atoms with Gasteiger partial charge in [-0.25, -0.2) is 0 Å². The van der Waals surface area contributed by atoms with Crippen molar-refractivity contribution in [1.29, 1.82) is 0 Å². The first-order valence-electron chi connectivity index (χ1n) is 9.23.